The van der Waals surface area contributed by atoms with E-state index in [1.54, 1.807) is 0 Å². The van der Waals surface area contributed by atoms with Crippen LogP contribution in [0.25, 0.3) is 0 Å². The quantitative estimate of drug-likeness (QED) is 0.261. The highest BCUT2D eigenvalue weighted by Gasteiger charge is 2.10. The highest BCUT2D eigenvalue weighted by atomic mass is 32.2. The average molecular weight is 380 g/mol. The van der Waals surface area contributed by atoms with Crippen LogP contribution >= 0.6 is 0 Å². The van der Waals surface area contributed by atoms with Gasteiger partial charge in [0.2, 0.25) is 0 Å². The highest BCUT2D eigenvalue weighted by Crippen LogP contribution is 2.10. The summed E-state index contributed by atoms with van der Waals surface area (Å²) in [5.74, 6) is 0.189. The molecular weight excluding hydrogens is 334 g/mol. The van der Waals surface area contributed by atoms with E-state index in [0.29, 0.717) is 6.61 Å². The minimum atomic E-state index is -3.28. The minimum absolute atomic E-state index is 0.189. The first-order chi connectivity index (χ1) is 12.0. The zero-order chi connectivity index (χ0) is 19.2. The largest absolute Gasteiger partial charge is 0.323 e. The lowest BCUT2D eigenvalue weighted by molar-refractivity contribution is 0.305. The van der Waals surface area contributed by atoms with E-state index in [1.165, 1.54) is 57.8 Å². The van der Waals surface area contributed by atoms with Gasteiger partial charge in [0.15, 0.2) is 0 Å². The van der Waals surface area contributed by atoms with Crippen molar-refractivity contribution in [1.82, 2.24) is 5.32 Å². The van der Waals surface area contributed by atoms with E-state index >= 15 is 0 Å². The molecule has 0 aliphatic carbocycles. The van der Waals surface area contributed by atoms with Gasteiger partial charge in [0.1, 0.15) is 0 Å². The highest BCUT2D eigenvalue weighted by molar-refractivity contribution is 7.86. The van der Waals surface area contributed by atoms with Crippen LogP contribution in [0.5, 0.6) is 0 Å². The van der Waals surface area contributed by atoms with Crippen LogP contribution in [-0.2, 0) is 14.3 Å². The van der Waals surface area contributed by atoms with E-state index in [1.807, 2.05) is 14.1 Å². The van der Waals surface area contributed by atoms with Gasteiger partial charge in [-0.05, 0) is 26.9 Å². The summed E-state index contributed by atoms with van der Waals surface area (Å²) < 4.78 is 28.4. The van der Waals surface area contributed by atoms with Gasteiger partial charge in [-0.2, -0.15) is 8.42 Å². The molecule has 0 aromatic carbocycles. The Morgan fingerprint density at radius 2 is 1.00 bits per heavy atom. The number of nitrogens with one attached hydrogen (secondary N) is 1. The van der Waals surface area contributed by atoms with Crippen LogP contribution in [0.2, 0.25) is 0 Å². The first-order valence-corrected chi connectivity index (χ1v) is 12.1. The fourth-order valence-electron chi connectivity index (χ4n) is 2.54. The predicted octanol–water partition coefficient (Wildman–Crippen LogP) is 5.67. The molecule has 0 rings (SSSR count). The van der Waals surface area contributed by atoms with Gasteiger partial charge < -0.3 is 5.32 Å². The van der Waals surface area contributed by atoms with E-state index in [2.05, 4.69) is 19.2 Å². The van der Waals surface area contributed by atoms with Crippen molar-refractivity contribution in [2.75, 3.05) is 26.5 Å². The van der Waals surface area contributed by atoms with Gasteiger partial charge in [-0.3, -0.25) is 4.18 Å². The second-order valence-electron chi connectivity index (χ2n) is 6.83. The predicted molar refractivity (Wildman–Crippen MR) is 111 cm³/mol. The van der Waals surface area contributed by atoms with Gasteiger partial charge in [-0.15, -0.1) is 0 Å². The van der Waals surface area contributed by atoms with E-state index in [9.17, 15) is 8.42 Å². The normalized spacial score (nSPS) is 11.2. The SMILES string of the molecule is CCCCCCCCCCCOS(=O)(=O)CCCCCCC.CNC. The molecule has 0 aromatic rings. The molecule has 0 saturated heterocycles. The summed E-state index contributed by atoms with van der Waals surface area (Å²) in [6, 6.07) is 0. The summed E-state index contributed by atoms with van der Waals surface area (Å²) in [5, 5.41) is 2.75. The molecule has 0 aliphatic heterocycles. The van der Waals surface area contributed by atoms with Crippen LogP contribution in [0.15, 0.2) is 0 Å². The number of unbranched alkanes of at least 4 members (excludes halogenated alkanes) is 12. The van der Waals surface area contributed by atoms with Crippen LogP contribution in [-0.4, -0.2) is 34.9 Å². The molecule has 0 fully saturated rings. The zero-order valence-corrected chi connectivity index (χ0v) is 18.3. The van der Waals surface area contributed by atoms with E-state index in [-0.39, 0.29) is 5.75 Å². The van der Waals surface area contributed by atoms with Gasteiger partial charge in [0.25, 0.3) is 10.1 Å². The molecule has 0 amide bonds. The summed E-state index contributed by atoms with van der Waals surface area (Å²) in [7, 11) is 0.474. The van der Waals surface area contributed by atoms with Gasteiger partial charge in [0.05, 0.1) is 12.4 Å². The summed E-state index contributed by atoms with van der Waals surface area (Å²) in [5.41, 5.74) is 0. The molecule has 5 heteroatoms. The van der Waals surface area contributed by atoms with Crippen molar-refractivity contribution >= 4 is 10.1 Å². The second-order valence-corrected chi connectivity index (χ2v) is 8.59. The molecule has 0 bridgehead atoms. The molecule has 1 N–H and O–H groups in total. The summed E-state index contributed by atoms with van der Waals surface area (Å²) in [4.78, 5) is 0. The third kappa shape index (κ3) is 26.2. The van der Waals surface area contributed by atoms with Crippen molar-refractivity contribution in [3.05, 3.63) is 0 Å². The van der Waals surface area contributed by atoms with Crippen LogP contribution < -0.4 is 5.32 Å². The van der Waals surface area contributed by atoms with Gasteiger partial charge >= 0.3 is 0 Å². The van der Waals surface area contributed by atoms with Crippen LogP contribution in [0.3, 0.4) is 0 Å². The summed E-state index contributed by atoms with van der Waals surface area (Å²) >= 11 is 0. The summed E-state index contributed by atoms with van der Waals surface area (Å²) in [6.07, 6.45) is 16.3. The van der Waals surface area contributed by atoms with Crippen LogP contribution in [0.4, 0.5) is 0 Å². The summed E-state index contributed by atoms with van der Waals surface area (Å²) in [6.45, 7) is 4.76. The Bertz CT molecular complexity index is 332. The van der Waals surface area contributed by atoms with Crippen molar-refractivity contribution < 1.29 is 12.6 Å². The third-order valence-corrected chi connectivity index (χ3v) is 5.32. The molecule has 154 valence electrons. The average Bonchev–Trinajstić information content (AvgIpc) is 2.57. The van der Waals surface area contributed by atoms with Crippen molar-refractivity contribution in [1.29, 1.82) is 0 Å². The minimum Gasteiger partial charge on any atom is -0.323 e. The van der Waals surface area contributed by atoms with E-state index in [0.717, 1.165) is 32.1 Å². The van der Waals surface area contributed by atoms with Crippen molar-refractivity contribution in [2.45, 2.75) is 104 Å². The van der Waals surface area contributed by atoms with Crippen molar-refractivity contribution in [3.8, 4) is 0 Å². The Morgan fingerprint density at radius 3 is 1.44 bits per heavy atom. The van der Waals surface area contributed by atoms with Gasteiger partial charge in [-0.25, -0.2) is 0 Å². The van der Waals surface area contributed by atoms with E-state index < -0.39 is 10.1 Å². The van der Waals surface area contributed by atoms with Gasteiger partial charge in [0, 0.05) is 0 Å². The smallest absolute Gasteiger partial charge is 0.267 e. The fourth-order valence-corrected chi connectivity index (χ4v) is 3.59. The molecule has 0 spiro atoms. The van der Waals surface area contributed by atoms with Crippen LogP contribution in [0.1, 0.15) is 104 Å². The zero-order valence-electron chi connectivity index (χ0n) is 17.4. The molecule has 25 heavy (non-hydrogen) atoms. The first kappa shape index (κ1) is 27.1. The molecule has 0 atom stereocenters. The number of hydrogen-bond donors (Lipinski definition) is 1. The van der Waals surface area contributed by atoms with E-state index in [4.69, 9.17) is 4.18 Å². The molecular formula is C20H45NO3S. The standard InChI is InChI=1S/C18H38O3S.C2H7N/c1-3-5-7-9-10-11-12-13-15-17-21-22(19,20)18-16-14-8-6-4-2;1-3-2/h3-18H2,1-2H3;3H,1-2H3. The lowest BCUT2D eigenvalue weighted by Gasteiger charge is -2.06. The molecule has 0 heterocycles. The molecule has 0 aliphatic rings. The maximum absolute atomic E-state index is 11.7. The molecule has 0 radical (unpaired) electrons. The Hall–Kier alpha value is -0.130. The first-order valence-electron chi connectivity index (χ1n) is 10.5. The van der Waals surface area contributed by atoms with Gasteiger partial charge in [-0.1, -0.05) is 90.9 Å². The Labute approximate surface area is 158 Å². The van der Waals surface area contributed by atoms with Crippen molar-refractivity contribution in [2.24, 2.45) is 0 Å². The molecule has 0 aromatic heterocycles. The van der Waals surface area contributed by atoms with Crippen molar-refractivity contribution in [3.63, 3.8) is 0 Å². The fraction of sp³-hybridized carbons (Fsp3) is 1.00. The Balaban J connectivity index is 0. The molecule has 0 unspecified atom stereocenters. The lowest BCUT2D eigenvalue weighted by atomic mass is 10.1. The number of hydrogen-bond acceptors (Lipinski definition) is 4. The van der Waals surface area contributed by atoms with Crippen LogP contribution in [0, 0.1) is 0 Å². The lowest BCUT2D eigenvalue weighted by Crippen LogP contribution is -2.11. The molecule has 0 saturated carbocycles. The molecule has 4 nitrogen and oxygen atoms in total. The Morgan fingerprint density at radius 1 is 0.640 bits per heavy atom. The topological polar surface area (TPSA) is 55.4 Å². The number of rotatable bonds is 17. The maximum atomic E-state index is 11.7. The monoisotopic (exact) mass is 379 g/mol. The maximum Gasteiger partial charge on any atom is 0.267 e. The second kappa shape index (κ2) is 21.9. The Kier molecular flexibility index (Phi) is 23.7. The third-order valence-electron chi connectivity index (χ3n) is 4.01.